The van der Waals surface area contributed by atoms with Crippen LogP contribution in [0.1, 0.15) is 6.04 Å². The lowest BCUT2D eigenvalue weighted by molar-refractivity contribution is 0.367. The van der Waals surface area contributed by atoms with Gasteiger partial charge < -0.3 is 4.74 Å². The fraction of sp³-hybridized carbons (Fsp3) is 0.273. The number of para-hydroxylation sites is 1. The van der Waals surface area contributed by atoms with Crippen LogP contribution in [0.2, 0.25) is 0 Å². The Kier molecular flexibility index (Phi) is 3.06. The van der Waals surface area contributed by atoms with Gasteiger partial charge in [-0.25, -0.2) is 13.1 Å². The monoisotopic (exact) mass is 343 g/mol. The Bertz CT molecular complexity index is 687. The highest BCUT2D eigenvalue weighted by Gasteiger charge is 2.37. The van der Waals surface area contributed by atoms with Crippen LogP contribution in [-0.2, 0) is 9.84 Å². The van der Waals surface area contributed by atoms with Crippen LogP contribution in [0.15, 0.2) is 35.1 Å². The van der Waals surface area contributed by atoms with Gasteiger partial charge in [0.1, 0.15) is 5.75 Å². The molecule has 1 saturated heterocycles. The van der Waals surface area contributed by atoms with Crippen LogP contribution >= 0.6 is 15.9 Å². The van der Waals surface area contributed by atoms with Crippen LogP contribution in [-0.4, -0.2) is 34.7 Å². The van der Waals surface area contributed by atoms with Crippen LogP contribution in [0.4, 0.5) is 0 Å². The van der Waals surface area contributed by atoms with E-state index in [-0.39, 0.29) is 23.6 Å². The molecule has 0 atom stereocenters. The fourth-order valence-electron chi connectivity index (χ4n) is 1.86. The molecule has 2 heterocycles. The van der Waals surface area contributed by atoms with E-state index >= 15 is 0 Å². The van der Waals surface area contributed by atoms with Gasteiger partial charge in [-0.15, -0.1) is 5.10 Å². The molecule has 8 heteroatoms. The predicted molar refractivity (Wildman–Crippen MR) is 71.9 cm³/mol. The average molecular weight is 344 g/mol. The molecule has 0 spiro atoms. The number of benzene rings is 1. The highest BCUT2D eigenvalue weighted by atomic mass is 79.9. The van der Waals surface area contributed by atoms with Gasteiger partial charge in [0.25, 0.3) is 0 Å². The third-order valence-electron chi connectivity index (χ3n) is 2.76. The van der Waals surface area contributed by atoms with Crippen molar-refractivity contribution in [2.45, 2.75) is 6.04 Å². The molecular formula is C11H10BrN3O3S. The maximum Gasteiger partial charge on any atom is 0.321 e. The molecule has 0 bridgehead atoms. The second-order valence-electron chi connectivity index (χ2n) is 4.25. The standard InChI is InChI=1S/C11H10BrN3O3S/c12-10-13-11(18-9-4-2-1-3-5-9)15(14-10)8-6-19(16,17)7-8/h1-5,8H,6-7H2. The molecule has 1 aliphatic rings. The first-order valence-corrected chi connectivity index (χ1v) is 8.20. The number of nitrogens with zero attached hydrogens (tertiary/aromatic N) is 3. The molecule has 1 aliphatic heterocycles. The molecule has 6 nitrogen and oxygen atoms in total. The first-order valence-electron chi connectivity index (χ1n) is 5.59. The summed E-state index contributed by atoms with van der Waals surface area (Å²) in [5.41, 5.74) is 0. The molecule has 0 saturated carbocycles. The molecule has 2 aromatic rings. The van der Waals surface area contributed by atoms with Crippen molar-refractivity contribution in [1.29, 1.82) is 0 Å². The van der Waals surface area contributed by atoms with Crippen molar-refractivity contribution in [3.63, 3.8) is 0 Å². The van der Waals surface area contributed by atoms with Crippen LogP contribution in [0, 0.1) is 0 Å². The van der Waals surface area contributed by atoms with Crippen molar-refractivity contribution in [2.24, 2.45) is 0 Å². The fourth-order valence-corrected chi connectivity index (χ4v) is 3.54. The van der Waals surface area contributed by atoms with Crippen LogP contribution in [0.25, 0.3) is 0 Å². The van der Waals surface area contributed by atoms with Crippen molar-refractivity contribution in [2.75, 3.05) is 11.5 Å². The topological polar surface area (TPSA) is 74.1 Å². The van der Waals surface area contributed by atoms with Gasteiger partial charge in [-0.1, -0.05) is 18.2 Å². The van der Waals surface area contributed by atoms with Crippen molar-refractivity contribution >= 4 is 25.8 Å². The molecular weight excluding hydrogens is 334 g/mol. The van der Waals surface area contributed by atoms with Crippen molar-refractivity contribution in [3.8, 4) is 11.8 Å². The van der Waals surface area contributed by atoms with Crippen molar-refractivity contribution in [1.82, 2.24) is 14.8 Å². The van der Waals surface area contributed by atoms with E-state index in [0.29, 0.717) is 10.5 Å². The predicted octanol–water partition coefficient (Wildman–Crippen LogP) is 1.80. The summed E-state index contributed by atoms with van der Waals surface area (Å²) in [6.45, 7) is 0. The largest absolute Gasteiger partial charge is 0.424 e. The molecule has 0 radical (unpaired) electrons. The second kappa shape index (κ2) is 4.61. The number of aromatic nitrogens is 3. The lowest BCUT2D eigenvalue weighted by Gasteiger charge is -2.26. The normalized spacial score (nSPS) is 17.9. The molecule has 19 heavy (non-hydrogen) atoms. The van der Waals surface area contributed by atoms with Gasteiger partial charge in [0.2, 0.25) is 4.73 Å². The van der Waals surface area contributed by atoms with Gasteiger partial charge in [0, 0.05) is 0 Å². The quantitative estimate of drug-likeness (QED) is 0.849. The van der Waals surface area contributed by atoms with Crippen LogP contribution < -0.4 is 4.74 Å². The van der Waals surface area contributed by atoms with E-state index in [0.717, 1.165) is 0 Å². The Labute approximate surface area is 118 Å². The molecule has 0 amide bonds. The average Bonchev–Trinajstić information content (AvgIpc) is 2.68. The summed E-state index contributed by atoms with van der Waals surface area (Å²) in [7, 11) is -2.92. The SMILES string of the molecule is O=S1(=O)CC(n2nc(Br)nc2Oc2ccccc2)C1. The Morgan fingerprint density at radius 1 is 1.26 bits per heavy atom. The van der Waals surface area contributed by atoms with Crippen molar-refractivity contribution in [3.05, 3.63) is 35.1 Å². The molecule has 1 aromatic carbocycles. The van der Waals surface area contributed by atoms with Gasteiger partial charge in [0.05, 0.1) is 17.5 Å². The molecule has 3 rings (SSSR count). The van der Waals surface area contributed by atoms with E-state index < -0.39 is 9.84 Å². The summed E-state index contributed by atoms with van der Waals surface area (Å²) >= 11 is 3.17. The van der Waals surface area contributed by atoms with Gasteiger partial charge in [0.15, 0.2) is 9.84 Å². The van der Waals surface area contributed by atoms with E-state index in [4.69, 9.17) is 4.74 Å². The Morgan fingerprint density at radius 3 is 2.58 bits per heavy atom. The zero-order valence-corrected chi connectivity index (χ0v) is 12.1. The van der Waals surface area contributed by atoms with Crippen LogP contribution in [0.3, 0.4) is 0 Å². The van der Waals surface area contributed by atoms with E-state index in [2.05, 4.69) is 26.0 Å². The smallest absolute Gasteiger partial charge is 0.321 e. The number of halogens is 1. The van der Waals surface area contributed by atoms with Gasteiger partial charge in [-0.2, -0.15) is 4.98 Å². The lowest BCUT2D eigenvalue weighted by Crippen LogP contribution is -2.38. The van der Waals surface area contributed by atoms with Crippen LogP contribution in [0.5, 0.6) is 11.8 Å². The first-order chi connectivity index (χ1) is 9.03. The highest BCUT2D eigenvalue weighted by molar-refractivity contribution is 9.10. The molecule has 1 aromatic heterocycles. The number of rotatable bonds is 3. The first kappa shape index (κ1) is 12.6. The van der Waals surface area contributed by atoms with E-state index in [1.165, 1.54) is 4.68 Å². The second-order valence-corrected chi connectivity index (χ2v) is 7.12. The molecule has 0 aliphatic carbocycles. The number of ether oxygens (including phenoxy) is 1. The Morgan fingerprint density at radius 2 is 1.95 bits per heavy atom. The zero-order valence-electron chi connectivity index (χ0n) is 9.73. The van der Waals surface area contributed by atoms with E-state index in [9.17, 15) is 8.42 Å². The summed E-state index contributed by atoms with van der Waals surface area (Å²) in [6, 6.07) is 9.25. The van der Waals surface area contributed by atoms with Crippen molar-refractivity contribution < 1.29 is 13.2 Å². The Balaban J connectivity index is 1.86. The summed E-state index contributed by atoms with van der Waals surface area (Å²) in [5, 5.41) is 4.13. The lowest BCUT2D eigenvalue weighted by atomic mass is 10.3. The summed E-state index contributed by atoms with van der Waals surface area (Å²) < 4.78 is 30.0. The minimum Gasteiger partial charge on any atom is -0.424 e. The number of hydrogen-bond acceptors (Lipinski definition) is 5. The zero-order chi connectivity index (χ0) is 13.5. The molecule has 1 fully saturated rings. The number of sulfone groups is 1. The maximum atomic E-state index is 11.2. The number of hydrogen-bond donors (Lipinski definition) is 0. The maximum absolute atomic E-state index is 11.2. The van der Waals surface area contributed by atoms with Gasteiger partial charge in [-0.3, -0.25) is 0 Å². The van der Waals surface area contributed by atoms with Gasteiger partial charge >= 0.3 is 6.01 Å². The summed E-state index contributed by atoms with van der Waals surface area (Å²) in [5.74, 6) is 0.785. The minimum absolute atomic E-state index is 0.0773. The van der Waals surface area contributed by atoms with Gasteiger partial charge in [-0.05, 0) is 28.1 Å². The minimum atomic E-state index is -2.92. The Hall–Kier alpha value is -1.41. The third kappa shape index (κ3) is 2.64. The van der Waals surface area contributed by atoms with E-state index in [1.54, 1.807) is 12.1 Å². The molecule has 0 N–H and O–H groups in total. The third-order valence-corrected chi connectivity index (χ3v) is 4.89. The summed E-state index contributed by atoms with van der Waals surface area (Å²) in [6.07, 6.45) is 0. The van der Waals surface area contributed by atoms with E-state index in [1.807, 2.05) is 18.2 Å². The molecule has 100 valence electrons. The summed E-state index contributed by atoms with van der Waals surface area (Å²) in [4.78, 5) is 4.11. The highest BCUT2D eigenvalue weighted by Crippen LogP contribution is 2.30. The molecule has 0 unspecified atom stereocenters.